The molecule has 1 fully saturated rings. The topological polar surface area (TPSA) is 52.2 Å². The molecule has 4 nitrogen and oxygen atoms in total. The van der Waals surface area contributed by atoms with Crippen LogP contribution in [0.1, 0.15) is 68.0 Å². The molecule has 1 aliphatic rings. The van der Waals surface area contributed by atoms with Gasteiger partial charge in [0.2, 0.25) is 0 Å². The third kappa shape index (κ3) is 6.13. The molecule has 2 aromatic carbocycles. The predicted octanol–water partition coefficient (Wildman–Crippen LogP) is 6.51. The molecule has 1 atom stereocenters. The largest absolute Gasteiger partial charge is 0.573 e. The van der Waals surface area contributed by atoms with Gasteiger partial charge in [0.1, 0.15) is 5.75 Å². The van der Waals surface area contributed by atoms with Crippen molar-refractivity contribution in [1.29, 1.82) is 0 Å². The summed E-state index contributed by atoms with van der Waals surface area (Å²) in [7, 11) is 0. The molecule has 4 rings (SSSR count). The summed E-state index contributed by atoms with van der Waals surface area (Å²) in [5.74, 6) is -0.237. The minimum atomic E-state index is -4.71. The lowest BCUT2D eigenvalue weighted by Gasteiger charge is -2.24. The number of hydrogen-bond acceptors (Lipinski definition) is 3. The average Bonchev–Trinajstić information content (AvgIpc) is 3.20. The molecule has 0 aliphatic heterocycles. The number of nitrogens with one attached hydrogen (secondary N) is 1. The zero-order valence-corrected chi connectivity index (χ0v) is 19.5. The number of nitrogens with two attached hydrogens (primary N) is 1. The van der Waals surface area contributed by atoms with Crippen LogP contribution in [0.4, 0.5) is 13.2 Å². The summed E-state index contributed by atoms with van der Waals surface area (Å²) >= 11 is 0. The first-order valence-corrected chi connectivity index (χ1v) is 12.3. The number of ether oxygens (including phenoxy) is 1. The number of hydrogen-bond donors (Lipinski definition) is 2. The Labute approximate surface area is 199 Å². The van der Waals surface area contributed by atoms with Crippen molar-refractivity contribution in [3.05, 3.63) is 65.9 Å². The van der Waals surface area contributed by atoms with Crippen LogP contribution in [0.3, 0.4) is 0 Å². The molecule has 34 heavy (non-hydrogen) atoms. The van der Waals surface area contributed by atoms with Gasteiger partial charge in [-0.15, -0.1) is 13.2 Å². The maximum absolute atomic E-state index is 12.9. The van der Waals surface area contributed by atoms with E-state index in [1.165, 1.54) is 55.1 Å². The summed E-state index contributed by atoms with van der Waals surface area (Å²) in [4.78, 5) is 0. The highest BCUT2D eigenvalue weighted by Crippen LogP contribution is 2.39. The fourth-order valence-electron chi connectivity index (χ4n) is 5.20. The molecule has 0 radical (unpaired) electrons. The first kappa shape index (κ1) is 24.6. The van der Waals surface area contributed by atoms with E-state index in [2.05, 4.69) is 39.0 Å². The Morgan fingerprint density at radius 3 is 2.59 bits per heavy atom. The van der Waals surface area contributed by atoms with Gasteiger partial charge in [0.15, 0.2) is 0 Å². The molecule has 1 aromatic heterocycles. The van der Waals surface area contributed by atoms with Crippen molar-refractivity contribution in [2.45, 2.75) is 63.3 Å². The maximum atomic E-state index is 12.9. The van der Waals surface area contributed by atoms with Gasteiger partial charge in [-0.2, -0.15) is 0 Å². The van der Waals surface area contributed by atoms with Crippen LogP contribution in [0.2, 0.25) is 0 Å². The number of fused-ring (bicyclic) bond motifs is 1. The standard InChI is InChI=1S/C27H34F3N3O/c28-27(29,30)34-22-11-6-8-20(18-22)23(14-17-32-16-7-15-31)25-19-33(21-9-2-1-3-10-21)26-13-5-4-12-24(25)26/h4-6,8,11-13,18-19,21,23,32H,1-3,7,9-10,14-17,31H2. The van der Waals surface area contributed by atoms with Crippen molar-refractivity contribution in [2.75, 3.05) is 19.6 Å². The first-order valence-electron chi connectivity index (χ1n) is 12.3. The number of nitrogens with zero attached hydrogens (tertiary/aromatic N) is 1. The number of rotatable bonds is 10. The van der Waals surface area contributed by atoms with Crippen molar-refractivity contribution in [1.82, 2.24) is 9.88 Å². The summed E-state index contributed by atoms with van der Waals surface area (Å²) in [6, 6.07) is 15.3. The van der Waals surface area contributed by atoms with Gasteiger partial charge < -0.3 is 20.4 Å². The number of para-hydroxylation sites is 1. The van der Waals surface area contributed by atoms with E-state index in [9.17, 15) is 13.2 Å². The summed E-state index contributed by atoms with van der Waals surface area (Å²) in [6.07, 6.45) is 5.27. The van der Waals surface area contributed by atoms with Crippen molar-refractivity contribution >= 4 is 10.9 Å². The van der Waals surface area contributed by atoms with Crippen LogP contribution in [0.5, 0.6) is 5.75 Å². The lowest BCUT2D eigenvalue weighted by molar-refractivity contribution is -0.274. The van der Waals surface area contributed by atoms with Crippen LogP contribution in [0.25, 0.3) is 10.9 Å². The van der Waals surface area contributed by atoms with E-state index >= 15 is 0 Å². The second-order valence-electron chi connectivity index (χ2n) is 9.15. The zero-order valence-electron chi connectivity index (χ0n) is 19.5. The van der Waals surface area contributed by atoms with Crippen molar-refractivity contribution in [3.8, 4) is 5.75 Å². The molecule has 0 amide bonds. The molecular formula is C27H34F3N3O. The molecule has 1 aliphatic carbocycles. The zero-order chi connectivity index (χ0) is 24.0. The molecule has 0 saturated heterocycles. The lowest BCUT2D eigenvalue weighted by Crippen LogP contribution is -2.21. The first-order chi connectivity index (χ1) is 16.5. The Kier molecular flexibility index (Phi) is 8.16. The molecular weight excluding hydrogens is 439 g/mol. The minimum Gasteiger partial charge on any atom is -0.406 e. The van der Waals surface area contributed by atoms with E-state index in [1.54, 1.807) is 6.07 Å². The molecule has 184 valence electrons. The normalized spacial score (nSPS) is 16.1. The minimum absolute atomic E-state index is 0.0584. The Balaban J connectivity index is 1.71. The monoisotopic (exact) mass is 473 g/mol. The van der Waals surface area contributed by atoms with E-state index in [0.717, 1.165) is 37.1 Å². The van der Waals surface area contributed by atoms with E-state index < -0.39 is 6.36 Å². The van der Waals surface area contributed by atoms with Gasteiger partial charge in [0.05, 0.1) is 0 Å². The van der Waals surface area contributed by atoms with E-state index in [1.807, 2.05) is 12.1 Å². The third-order valence-corrected chi connectivity index (χ3v) is 6.78. The predicted molar refractivity (Wildman–Crippen MR) is 130 cm³/mol. The SMILES string of the molecule is NCCCNCCC(c1cccc(OC(F)(F)F)c1)c1cn(C2CCCCC2)c2ccccc12. The Hall–Kier alpha value is -2.51. The van der Waals surface area contributed by atoms with Crippen LogP contribution in [-0.4, -0.2) is 30.6 Å². The van der Waals surface area contributed by atoms with E-state index in [-0.39, 0.29) is 11.7 Å². The summed E-state index contributed by atoms with van der Waals surface area (Å²) in [6.45, 7) is 2.20. The maximum Gasteiger partial charge on any atom is 0.573 e. The molecule has 3 N–H and O–H groups in total. The van der Waals surface area contributed by atoms with E-state index in [4.69, 9.17) is 5.73 Å². The fraction of sp³-hybridized carbons (Fsp3) is 0.481. The number of aromatic nitrogens is 1. The second-order valence-corrected chi connectivity index (χ2v) is 9.15. The highest BCUT2D eigenvalue weighted by molar-refractivity contribution is 5.85. The van der Waals surface area contributed by atoms with Crippen LogP contribution in [0.15, 0.2) is 54.7 Å². The third-order valence-electron chi connectivity index (χ3n) is 6.78. The summed E-state index contributed by atoms with van der Waals surface area (Å²) in [5.41, 5.74) is 8.80. The van der Waals surface area contributed by atoms with Crippen molar-refractivity contribution in [2.24, 2.45) is 5.73 Å². The van der Waals surface area contributed by atoms with Gasteiger partial charge >= 0.3 is 6.36 Å². The Morgan fingerprint density at radius 1 is 1.03 bits per heavy atom. The summed E-state index contributed by atoms with van der Waals surface area (Å²) < 4.78 is 45.3. The Morgan fingerprint density at radius 2 is 1.82 bits per heavy atom. The molecule has 1 heterocycles. The number of halogens is 3. The highest BCUT2D eigenvalue weighted by Gasteiger charge is 2.31. The van der Waals surface area contributed by atoms with Crippen LogP contribution >= 0.6 is 0 Å². The van der Waals surface area contributed by atoms with Gasteiger partial charge in [-0.05, 0) is 74.6 Å². The van der Waals surface area contributed by atoms with Crippen LogP contribution in [-0.2, 0) is 0 Å². The van der Waals surface area contributed by atoms with Gasteiger partial charge in [0, 0.05) is 29.1 Å². The second kappa shape index (κ2) is 11.3. The van der Waals surface area contributed by atoms with Gasteiger partial charge in [-0.25, -0.2) is 0 Å². The van der Waals surface area contributed by atoms with Gasteiger partial charge in [-0.1, -0.05) is 49.6 Å². The average molecular weight is 474 g/mol. The van der Waals surface area contributed by atoms with E-state index in [0.29, 0.717) is 12.6 Å². The molecule has 1 unspecified atom stereocenters. The van der Waals surface area contributed by atoms with Crippen LogP contribution in [0, 0.1) is 0 Å². The quantitative estimate of drug-likeness (QED) is 0.330. The van der Waals surface area contributed by atoms with Crippen molar-refractivity contribution in [3.63, 3.8) is 0 Å². The van der Waals surface area contributed by atoms with Crippen molar-refractivity contribution < 1.29 is 17.9 Å². The highest BCUT2D eigenvalue weighted by atomic mass is 19.4. The number of alkyl halides is 3. The molecule has 7 heteroatoms. The summed E-state index contributed by atoms with van der Waals surface area (Å²) in [5, 5.41) is 4.60. The molecule has 0 spiro atoms. The smallest absolute Gasteiger partial charge is 0.406 e. The van der Waals surface area contributed by atoms with Crippen LogP contribution < -0.4 is 15.8 Å². The molecule has 3 aromatic rings. The van der Waals surface area contributed by atoms with Gasteiger partial charge in [0.25, 0.3) is 0 Å². The lowest BCUT2D eigenvalue weighted by atomic mass is 9.88. The Bertz CT molecular complexity index is 1060. The fourth-order valence-corrected chi connectivity index (χ4v) is 5.20. The van der Waals surface area contributed by atoms with Gasteiger partial charge in [-0.3, -0.25) is 0 Å². The number of benzene rings is 2. The molecule has 1 saturated carbocycles. The molecule has 0 bridgehead atoms.